The number of rotatable bonds is 5. The van der Waals surface area contributed by atoms with E-state index in [1.165, 1.54) is 32.6 Å². The molecule has 0 unspecified atom stereocenters. The molecule has 108 valence electrons. The van der Waals surface area contributed by atoms with E-state index in [0.717, 1.165) is 0 Å². The Labute approximate surface area is 120 Å². The van der Waals surface area contributed by atoms with Crippen LogP contribution in [0.25, 0.3) is 0 Å². The first-order chi connectivity index (χ1) is 9.58. The molecule has 1 aromatic carbocycles. The van der Waals surface area contributed by atoms with Gasteiger partial charge in [-0.2, -0.15) is 0 Å². The van der Waals surface area contributed by atoms with E-state index in [2.05, 4.69) is 10.2 Å². The van der Waals surface area contributed by atoms with Gasteiger partial charge in [0.2, 0.25) is 5.91 Å². The predicted molar refractivity (Wildman–Crippen MR) is 80.0 cm³/mol. The Hall–Kier alpha value is -1.68. The lowest BCUT2D eigenvalue weighted by Gasteiger charge is -2.23. The molecule has 2 rings (SSSR count). The molecule has 0 heterocycles. The molecule has 1 fully saturated rings. The third kappa shape index (κ3) is 3.67. The summed E-state index contributed by atoms with van der Waals surface area (Å²) in [4.78, 5) is 25.7. The standard InChI is InChI=1S/C16H22N2O2/c1-12(19)14-9-5-6-10-15(14)17-16(20)11-18(2)13-7-3-4-8-13/h5-6,9-10,13H,3-4,7-8,11H2,1-2H3,(H,17,20). The van der Waals surface area contributed by atoms with Crippen LogP contribution in [0, 0.1) is 0 Å². The van der Waals surface area contributed by atoms with Crippen LogP contribution in [0.1, 0.15) is 43.0 Å². The summed E-state index contributed by atoms with van der Waals surface area (Å²) in [6.45, 7) is 1.88. The molecule has 1 N–H and O–H groups in total. The Morgan fingerprint density at radius 1 is 1.25 bits per heavy atom. The lowest BCUT2D eigenvalue weighted by molar-refractivity contribution is -0.117. The summed E-state index contributed by atoms with van der Waals surface area (Å²) in [6, 6.07) is 7.65. The first-order valence-electron chi connectivity index (χ1n) is 7.18. The molecule has 0 aromatic heterocycles. The Bertz CT molecular complexity index is 493. The Balaban J connectivity index is 1.96. The van der Waals surface area contributed by atoms with Crippen molar-refractivity contribution in [2.75, 3.05) is 18.9 Å². The van der Waals surface area contributed by atoms with E-state index in [-0.39, 0.29) is 11.7 Å². The van der Waals surface area contributed by atoms with Gasteiger partial charge < -0.3 is 5.32 Å². The first kappa shape index (κ1) is 14.7. The molecule has 0 bridgehead atoms. The lowest BCUT2D eigenvalue weighted by Crippen LogP contribution is -2.36. The fraction of sp³-hybridized carbons (Fsp3) is 0.500. The van der Waals surface area contributed by atoms with Crippen molar-refractivity contribution in [1.82, 2.24) is 4.90 Å². The molecular weight excluding hydrogens is 252 g/mol. The van der Waals surface area contributed by atoms with E-state index in [0.29, 0.717) is 23.8 Å². The van der Waals surface area contributed by atoms with E-state index < -0.39 is 0 Å². The molecule has 20 heavy (non-hydrogen) atoms. The van der Waals surface area contributed by atoms with Crippen molar-refractivity contribution in [3.63, 3.8) is 0 Å². The van der Waals surface area contributed by atoms with E-state index in [4.69, 9.17) is 0 Å². The zero-order chi connectivity index (χ0) is 14.5. The van der Waals surface area contributed by atoms with Crippen molar-refractivity contribution in [3.8, 4) is 0 Å². The maximum absolute atomic E-state index is 12.1. The average molecular weight is 274 g/mol. The molecule has 4 heteroatoms. The molecule has 1 saturated carbocycles. The van der Waals surface area contributed by atoms with Crippen LogP contribution in [0.5, 0.6) is 0 Å². The molecule has 0 spiro atoms. The average Bonchev–Trinajstić information content (AvgIpc) is 2.92. The van der Waals surface area contributed by atoms with E-state index in [9.17, 15) is 9.59 Å². The van der Waals surface area contributed by atoms with Crippen molar-refractivity contribution in [2.24, 2.45) is 0 Å². The molecule has 1 aliphatic carbocycles. The highest BCUT2D eigenvalue weighted by atomic mass is 16.2. The van der Waals surface area contributed by atoms with Gasteiger partial charge in [0.25, 0.3) is 0 Å². The largest absolute Gasteiger partial charge is 0.324 e. The third-order valence-electron chi connectivity index (χ3n) is 3.92. The number of amides is 1. The molecule has 1 amide bonds. The summed E-state index contributed by atoms with van der Waals surface area (Å²) in [5, 5.41) is 2.84. The van der Waals surface area contributed by atoms with E-state index in [1.54, 1.807) is 18.2 Å². The molecule has 0 radical (unpaired) electrons. The molecule has 0 atom stereocenters. The fourth-order valence-electron chi connectivity index (χ4n) is 2.79. The zero-order valence-corrected chi connectivity index (χ0v) is 12.2. The summed E-state index contributed by atoms with van der Waals surface area (Å²) in [7, 11) is 1.99. The van der Waals surface area contributed by atoms with Gasteiger partial charge in [-0.05, 0) is 38.9 Å². The van der Waals surface area contributed by atoms with Gasteiger partial charge in [-0.15, -0.1) is 0 Å². The highest BCUT2D eigenvalue weighted by molar-refractivity contribution is 6.04. The topological polar surface area (TPSA) is 49.4 Å². The van der Waals surface area contributed by atoms with Gasteiger partial charge in [0, 0.05) is 11.6 Å². The molecule has 4 nitrogen and oxygen atoms in total. The number of nitrogens with one attached hydrogen (secondary N) is 1. The summed E-state index contributed by atoms with van der Waals surface area (Å²) >= 11 is 0. The van der Waals surface area contributed by atoms with Crippen LogP contribution in [0.4, 0.5) is 5.69 Å². The number of likely N-dealkylation sites (N-methyl/N-ethyl adjacent to an activating group) is 1. The number of Topliss-reactive ketones (excluding diaryl/α,β-unsaturated/α-hetero) is 1. The fourth-order valence-corrected chi connectivity index (χ4v) is 2.79. The van der Waals surface area contributed by atoms with Crippen molar-refractivity contribution in [3.05, 3.63) is 29.8 Å². The van der Waals surface area contributed by atoms with Crippen LogP contribution in [0.15, 0.2) is 24.3 Å². The van der Waals surface area contributed by atoms with Crippen LogP contribution in [0.2, 0.25) is 0 Å². The zero-order valence-electron chi connectivity index (χ0n) is 12.2. The van der Waals surface area contributed by atoms with Crippen molar-refractivity contribution in [1.29, 1.82) is 0 Å². The highest BCUT2D eigenvalue weighted by Crippen LogP contribution is 2.22. The number of benzene rings is 1. The number of carbonyl (C=O) groups excluding carboxylic acids is 2. The van der Waals surface area contributed by atoms with Gasteiger partial charge in [-0.1, -0.05) is 25.0 Å². The summed E-state index contributed by atoms with van der Waals surface area (Å²) < 4.78 is 0. The number of ketones is 1. The first-order valence-corrected chi connectivity index (χ1v) is 7.18. The smallest absolute Gasteiger partial charge is 0.238 e. The number of carbonyl (C=O) groups is 2. The van der Waals surface area contributed by atoms with E-state index >= 15 is 0 Å². The van der Waals surface area contributed by atoms with Gasteiger partial charge >= 0.3 is 0 Å². The summed E-state index contributed by atoms with van der Waals surface area (Å²) in [6.07, 6.45) is 4.86. The number of anilines is 1. The van der Waals surface area contributed by atoms with Crippen LogP contribution in [0.3, 0.4) is 0 Å². The lowest BCUT2D eigenvalue weighted by atomic mass is 10.1. The molecule has 0 aliphatic heterocycles. The molecule has 0 saturated heterocycles. The van der Waals surface area contributed by atoms with Crippen molar-refractivity contribution < 1.29 is 9.59 Å². The predicted octanol–water partition coefficient (Wildman–Crippen LogP) is 2.70. The minimum Gasteiger partial charge on any atom is -0.324 e. The van der Waals surface area contributed by atoms with Gasteiger partial charge in [-0.25, -0.2) is 0 Å². The summed E-state index contributed by atoms with van der Waals surface area (Å²) in [5.74, 6) is -0.0989. The number of hydrogen-bond acceptors (Lipinski definition) is 3. The minimum atomic E-state index is -0.0619. The van der Waals surface area contributed by atoms with Crippen LogP contribution >= 0.6 is 0 Å². The highest BCUT2D eigenvalue weighted by Gasteiger charge is 2.21. The van der Waals surface area contributed by atoms with Crippen LogP contribution in [-0.2, 0) is 4.79 Å². The quantitative estimate of drug-likeness (QED) is 0.840. The van der Waals surface area contributed by atoms with E-state index in [1.807, 2.05) is 13.1 Å². The minimum absolute atomic E-state index is 0.0370. The summed E-state index contributed by atoms with van der Waals surface area (Å²) in [5.41, 5.74) is 1.16. The molecule has 1 aromatic rings. The normalized spacial score (nSPS) is 15.6. The van der Waals surface area contributed by atoms with Crippen LogP contribution < -0.4 is 5.32 Å². The number of hydrogen-bond donors (Lipinski definition) is 1. The maximum Gasteiger partial charge on any atom is 0.238 e. The maximum atomic E-state index is 12.1. The Kier molecular flexibility index (Phi) is 4.90. The van der Waals surface area contributed by atoms with Gasteiger partial charge in [0.1, 0.15) is 0 Å². The second kappa shape index (κ2) is 6.66. The van der Waals surface area contributed by atoms with Crippen molar-refractivity contribution >= 4 is 17.4 Å². The molecule has 1 aliphatic rings. The Morgan fingerprint density at radius 2 is 1.90 bits per heavy atom. The number of para-hydroxylation sites is 1. The van der Waals surface area contributed by atoms with Crippen molar-refractivity contribution in [2.45, 2.75) is 38.6 Å². The van der Waals surface area contributed by atoms with Crippen LogP contribution in [-0.4, -0.2) is 36.2 Å². The second-order valence-corrected chi connectivity index (χ2v) is 5.50. The van der Waals surface area contributed by atoms with Gasteiger partial charge in [0.15, 0.2) is 5.78 Å². The number of nitrogens with zero attached hydrogens (tertiary/aromatic N) is 1. The second-order valence-electron chi connectivity index (χ2n) is 5.50. The van der Waals surface area contributed by atoms with Gasteiger partial charge in [-0.3, -0.25) is 14.5 Å². The Morgan fingerprint density at radius 3 is 2.55 bits per heavy atom. The monoisotopic (exact) mass is 274 g/mol. The third-order valence-corrected chi connectivity index (χ3v) is 3.92. The molecular formula is C16H22N2O2. The SMILES string of the molecule is CC(=O)c1ccccc1NC(=O)CN(C)C1CCCC1. The van der Waals surface area contributed by atoms with Gasteiger partial charge in [0.05, 0.1) is 12.2 Å².